The lowest BCUT2D eigenvalue weighted by atomic mass is 9.84. The Hall–Kier alpha value is 0.105. The molecule has 6 heteroatoms. The van der Waals surface area contributed by atoms with Gasteiger partial charge in [-0.1, -0.05) is 0 Å². The molecule has 1 aliphatic heterocycles. The molecule has 0 aromatic heterocycles. The fourth-order valence-corrected chi connectivity index (χ4v) is 0.861. The first-order valence-electron chi connectivity index (χ1n) is 2.47. The van der Waals surface area contributed by atoms with E-state index >= 15 is 0 Å². The molecule has 1 rings (SSSR count). The summed E-state index contributed by atoms with van der Waals surface area (Å²) in [5.41, 5.74) is 0. The van der Waals surface area contributed by atoms with Crippen molar-refractivity contribution in [1.29, 1.82) is 0 Å². The van der Waals surface area contributed by atoms with Crippen molar-refractivity contribution in [2.24, 2.45) is 0 Å². The zero-order chi connectivity index (χ0) is 7.07. The molecule has 0 amide bonds. The zero-order valence-corrected chi connectivity index (χ0v) is 5.12. The summed E-state index contributed by atoms with van der Waals surface area (Å²) in [5, 5.41) is 0. The van der Waals surface area contributed by atoms with Crippen molar-refractivity contribution < 1.29 is 17.7 Å². The minimum absolute atomic E-state index is 0.0636. The van der Waals surface area contributed by atoms with Crippen molar-refractivity contribution in [3.05, 3.63) is 0 Å². The van der Waals surface area contributed by atoms with Crippen LogP contribution in [0.4, 0.5) is 12.9 Å². The first kappa shape index (κ1) is 7.21. The van der Waals surface area contributed by atoms with Crippen LogP contribution in [0.25, 0.3) is 0 Å². The molecule has 0 unspecified atom stereocenters. The Balaban J connectivity index is 2.33. The highest BCUT2D eigenvalue weighted by atomic mass is 35.5. The topological polar surface area (TPSA) is 12.5 Å². The summed E-state index contributed by atoms with van der Waals surface area (Å²) in [5.74, 6) is -0.0636. The van der Waals surface area contributed by atoms with Gasteiger partial charge in [0.2, 0.25) is 0 Å². The van der Waals surface area contributed by atoms with Gasteiger partial charge in [0, 0.05) is 5.88 Å². The van der Waals surface area contributed by atoms with E-state index in [0.29, 0.717) is 0 Å². The molecule has 9 heavy (non-hydrogen) atoms. The van der Waals surface area contributed by atoms with E-state index in [1.165, 1.54) is 0 Å². The standard InChI is InChI=1S/C3H4BClF3O/c5-1-2-3(9-2)4(6,7)8/h2-3H,1H2/q-1/t2-,3+/m1/s1. The van der Waals surface area contributed by atoms with Gasteiger partial charge >= 0.3 is 6.98 Å². The lowest BCUT2D eigenvalue weighted by Crippen LogP contribution is -2.26. The smallest absolute Gasteiger partial charge is 0.447 e. The Morgan fingerprint density at radius 1 is 1.44 bits per heavy atom. The van der Waals surface area contributed by atoms with E-state index in [1.54, 1.807) is 0 Å². The summed E-state index contributed by atoms with van der Waals surface area (Å²) in [6.45, 7) is -4.80. The van der Waals surface area contributed by atoms with Gasteiger partial charge in [-0.3, -0.25) is 0 Å². The van der Waals surface area contributed by atoms with Gasteiger partial charge in [0.1, 0.15) is 0 Å². The molecule has 0 bridgehead atoms. The van der Waals surface area contributed by atoms with Gasteiger partial charge in [-0.25, -0.2) is 0 Å². The van der Waals surface area contributed by atoms with Crippen molar-refractivity contribution in [3.8, 4) is 0 Å². The monoisotopic (exact) mass is 159 g/mol. The third-order valence-electron chi connectivity index (χ3n) is 1.15. The zero-order valence-electron chi connectivity index (χ0n) is 4.36. The summed E-state index contributed by atoms with van der Waals surface area (Å²) in [4.78, 5) is 0. The van der Waals surface area contributed by atoms with Gasteiger partial charge in [0.15, 0.2) is 0 Å². The maximum Gasteiger partial charge on any atom is 0.509 e. The number of rotatable bonds is 2. The van der Waals surface area contributed by atoms with Crippen LogP contribution in [-0.2, 0) is 4.74 Å². The van der Waals surface area contributed by atoms with Crippen LogP contribution in [0.1, 0.15) is 0 Å². The molecule has 0 radical (unpaired) electrons. The molecule has 0 spiro atoms. The summed E-state index contributed by atoms with van der Waals surface area (Å²) < 4.78 is 38.9. The molecule has 1 saturated heterocycles. The SMILES string of the molecule is F[B-](F)(F)[C@H]1O[C@@H]1CCl. The molecule has 0 aromatic rings. The second kappa shape index (κ2) is 2.06. The van der Waals surface area contributed by atoms with Crippen LogP contribution in [-0.4, -0.2) is 25.0 Å². The Morgan fingerprint density at radius 3 is 2.11 bits per heavy atom. The second-order valence-electron chi connectivity index (χ2n) is 1.92. The van der Waals surface area contributed by atoms with Gasteiger partial charge in [-0.2, -0.15) is 0 Å². The summed E-state index contributed by atoms with van der Waals surface area (Å²) >= 11 is 5.08. The van der Waals surface area contributed by atoms with Crippen LogP contribution in [0.5, 0.6) is 0 Å². The molecule has 0 aromatic carbocycles. The van der Waals surface area contributed by atoms with Crippen molar-refractivity contribution in [2.45, 2.75) is 12.1 Å². The Bertz CT molecular complexity index is 116. The Kier molecular flexibility index (Phi) is 1.65. The van der Waals surface area contributed by atoms with Gasteiger partial charge < -0.3 is 17.7 Å². The largest absolute Gasteiger partial charge is 0.509 e. The van der Waals surface area contributed by atoms with Gasteiger partial charge in [-0.05, 0) is 0 Å². The molecule has 0 saturated carbocycles. The molecule has 1 aliphatic rings. The molecule has 1 heterocycles. The number of ether oxygens (including phenoxy) is 1. The normalized spacial score (nSPS) is 34.7. The van der Waals surface area contributed by atoms with E-state index in [0.717, 1.165) is 0 Å². The average molecular weight is 159 g/mol. The van der Waals surface area contributed by atoms with Crippen LogP contribution < -0.4 is 0 Å². The molecule has 54 valence electrons. The Labute approximate surface area is 55.2 Å². The van der Waals surface area contributed by atoms with Gasteiger partial charge in [0.05, 0.1) is 12.1 Å². The molecule has 2 atom stereocenters. The van der Waals surface area contributed by atoms with Crippen molar-refractivity contribution in [2.75, 3.05) is 5.88 Å². The molecular formula is C3H4BClF3O-. The number of hydrogen-bond acceptors (Lipinski definition) is 1. The second-order valence-corrected chi connectivity index (χ2v) is 2.23. The maximum atomic E-state index is 11.6. The first-order chi connectivity index (χ1) is 4.05. The Morgan fingerprint density at radius 2 is 2.00 bits per heavy atom. The fraction of sp³-hybridized carbons (Fsp3) is 1.00. The third-order valence-corrected chi connectivity index (χ3v) is 1.45. The quantitative estimate of drug-likeness (QED) is 0.337. The highest BCUT2D eigenvalue weighted by Crippen LogP contribution is 2.34. The van der Waals surface area contributed by atoms with Crippen molar-refractivity contribution >= 4 is 18.6 Å². The minimum Gasteiger partial charge on any atom is -0.447 e. The van der Waals surface area contributed by atoms with Crippen LogP contribution in [0.2, 0.25) is 0 Å². The van der Waals surface area contributed by atoms with E-state index in [-0.39, 0.29) is 5.88 Å². The van der Waals surface area contributed by atoms with Gasteiger partial charge in [-0.15, -0.1) is 11.6 Å². The third kappa shape index (κ3) is 1.52. The number of hydrogen-bond donors (Lipinski definition) is 0. The van der Waals surface area contributed by atoms with E-state index < -0.39 is 19.1 Å². The van der Waals surface area contributed by atoms with E-state index in [1.807, 2.05) is 0 Å². The van der Waals surface area contributed by atoms with Crippen LogP contribution in [0.3, 0.4) is 0 Å². The maximum absolute atomic E-state index is 11.6. The van der Waals surface area contributed by atoms with E-state index in [4.69, 9.17) is 11.6 Å². The van der Waals surface area contributed by atoms with Crippen LogP contribution in [0.15, 0.2) is 0 Å². The molecular weight excluding hydrogens is 155 g/mol. The minimum atomic E-state index is -4.80. The molecule has 0 aliphatic carbocycles. The fourth-order valence-electron chi connectivity index (χ4n) is 0.613. The van der Waals surface area contributed by atoms with E-state index in [9.17, 15) is 12.9 Å². The molecule has 1 nitrogen and oxygen atoms in total. The van der Waals surface area contributed by atoms with Crippen molar-refractivity contribution in [1.82, 2.24) is 0 Å². The highest BCUT2D eigenvalue weighted by molar-refractivity contribution is 6.61. The first-order valence-corrected chi connectivity index (χ1v) is 3.00. The van der Waals surface area contributed by atoms with Gasteiger partial charge in [0.25, 0.3) is 0 Å². The highest BCUT2D eigenvalue weighted by Gasteiger charge is 2.52. The van der Waals surface area contributed by atoms with E-state index in [2.05, 4.69) is 4.74 Å². The molecule has 0 N–H and O–H groups in total. The number of alkyl halides is 1. The predicted molar refractivity (Wildman–Crippen MR) is 28.5 cm³/mol. The lowest BCUT2D eigenvalue weighted by molar-refractivity contribution is 0.361. The number of epoxide rings is 1. The molecule has 1 fully saturated rings. The van der Waals surface area contributed by atoms with Crippen LogP contribution in [0, 0.1) is 0 Å². The number of halogens is 4. The van der Waals surface area contributed by atoms with Crippen molar-refractivity contribution in [3.63, 3.8) is 0 Å². The van der Waals surface area contributed by atoms with Crippen LogP contribution >= 0.6 is 11.6 Å². The summed E-state index contributed by atoms with van der Waals surface area (Å²) in [6, 6.07) is -1.54. The lowest BCUT2D eigenvalue weighted by Gasteiger charge is -2.07. The summed E-state index contributed by atoms with van der Waals surface area (Å²) in [6.07, 6.45) is -0.772. The predicted octanol–water partition coefficient (Wildman–Crippen LogP) is 1.38. The average Bonchev–Trinajstić information content (AvgIpc) is 2.39. The summed E-state index contributed by atoms with van der Waals surface area (Å²) in [7, 11) is 0.